The van der Waals surface area contributed by atoms with Gasteiger partial charge >= 0.3 is 0 Å². The first-order valence-corrected chi connectivity index (χ1v) is 4.82. The summed E-state index contributed by atoms with van der Waals surface area (Å²) < 4.78 is 13.2. The minimum Gasteiger partial charge on any atom is -0.326 e. The Kier molecular flexibility index (Phi) is 4.13. The molecule has 0 amide bonds. The molecule has 0 atom stereocenters. The van der Waals surface area contributed by atoms with Crippen molar-refractivity contribution in [3.05, 3.63) is 29.6 Å². The van der Waals surface area contributed by atoms with E-state index in [0.717, 1.165) is 5.56 Å². The Labute approximate surface area is 94.3 Å². The molecule has 0 unspecified atom stereocenters. The second-order valence-electron chi connectivity index (χ2n) is 3.20. The molecule has 2 N–H and O–H groups in total. The van der Waals surface area contributed by atoms with Crippen molar-refractivity contribution in [1.82, 2.24) is 0 Å². The summed E-state index contributed by atoms with van der Waals surface area (Å²) in [6.45, 7) is 5.51. The second-order valence-corrected chi connectivity index (χ2v) is 3.20. The minimum atomic E-state index is -0.343. The maximum atomic E-state index is 13.2. The van der Waals surface area contributed by atoms with E-state index in [1.165, 1.54) is 17.1 Å². The van der Waals surface area contributed by atoms with Gasteiger partial charge in [-0.1, -0.05) is 6.07 Å². The summed E-state index contributed by atoms with van der Waals surface area (Å²) in [5.41, 5.74) is 6.94. The summed E-state index contributed by atoms with van der Waals surface area (Å²) in [4.78, 5) is 3.99. The summed E-state index contributed by atoms with van der Waals surface area (Å²) in [5.74, 6) is 0.278. The van der Waals surface area contributed by atoms with Crippen molar-refractivity contribution >= 4 is 18.2 Å². The maximum Gasteiger partial charge on any atom is 0.125 e. The van der Waals surface area contributed by atoms with E-state index >= 15 is 0 Å². The zero-order valence-electron chi connectivity index (χ0n) is 9.44. The van der Waals surface area contributed by atoms with E-state index in [0.29, 0.717) is 18.1 Å². The number of halogens is 1. The molecule has 0 fully saturated rings. The van der Waals surface area contributed by atoms with Crippen LogP contribution >= 0.6 is 0 Å². The predicted octanol–water partition coefficient (Wildman–Crippen LogP) is 1.75. The number of aliphatic imine (C=N–C) groups is 1. The Balaban J connectivity index is 3.27. The number of hydrogen-bond donors (Lipinski definition) is 1. The molecule has 0 heterocycles. The average Bonchev–Trinajstić information content (AvgIpc) is 2.30. The van der Waals surface area contributed by atoms with E-state index in [2.05, 4.69) is 16.8 Å². The third kappa shape index (κ3) is 2.43. The second kappa shape index (κ2) is 5.37. The predicted molar refractivity (Wildman–Crippen MR) is 65.4 cm³/mol. The Bertz CT molecular complexity index is 414. The van der Waals surface area contributed by atoms with Crippen LogP contribution in [0.25, 0.3) is 0 Å². The fraction of sp³-hybridized carbons (Fsp3) is 0.273. The number of benzene rings is 1. The molecule has 0 aliphatic heterocycles. The monoisotopic (exact) mass is 222 g/mol. The lowest BCUT2D eigenvalue weighted by Crippen LogP contribution is -2.24. The van der Waals surface area contributed by atoms with E-state index < -0.39 is 0 Å². The first-order chi connectivity index (χ1) is 7.63. The van der Waals surface area contributed by atoms with Crippen LogP contribution in [-0.4, -0.2) is 19.6 Å². The maximum absolute atomic E-state index is 13.2. The van der Waals surface area contributed by atoms with Crippen molar-refractivity contribution in [2.24, 2.45) is 15.8 Å². The fourth-order valence-electron chi connectivity index (χ4n) is 1.35. The summed E-state index contributed by atoms with van der Waals surface area (Å²) in [6, 6.07) is 4.36. The van der Waals surface area contributed by atoms with Gasteiger partial charge in [0.25, 0.3) is 0 Å². The number of nitrogens with two attached hydrogens (primary N) is 1. The molecular weight excluding hydrogens is 207 g/mol. The zero-order valence-corrected chi connectivity index (χ0v) is 9.44. The molecule has 86 valence electrons. The van der Waals surface area contributed by atoms with Crippen LogP contribution in [0.1, 0.15) is 12.5 Å². The number of rotatable bonds is 3. The zero-order chi connectivity index (χ0) is 12.1. The highest BCUT2D eigenvalue weighted by molar-refractivity contribution is 5.96. The molecule has 1 aromatic rings. The van der Waals surface area contributed by atoms with Gasteiger partial charge in [-0.25, -0.2) is 9.40 Å². The van der Waals surface area contributed by atoms with Gasteiger partial charge in [0.2, 0.25) is 0 Å². The van der Waals surface area contributed by atoms with E-state index in [-0.39, 0.29) is 5.82 Å². The van der Waals surface area contributed by atoms with E-state index in [4.69, 9.17) is 5.73 Å². The average molecular weight is 222 g/mol. The molecule has 1 aromatic carbocycles. The summed E-state index contributed by atoms with van der Waals surface area (Å²) in [5, 5.41) is 5.27. The van der Waals surface area contributed by atoms with Crippen molar-refractivity contribution < 1.29 is 4.39 Å². The largest absolute Gasteiger partial charge is 0.326 e. The smallest absolute Gasteiger partial charge is 0.125 e. The molecular formula is C11H15FN4. The molecule has 0 aromatic heterocycles. The molecule has 0 saturated heterocycles. The van der Waals surface area contributed by atoms with Gasteiger partial charge in [0.15, 0.2) is 0 Å². The molecule has 16 heavy (non-hydrogen) atoms. The molecule has 0 radical (unpaired) electrons. The molecule has 0 spiro atoms. The topological polar surface area (TPSA) is 54.0 Å². The molecule has 0 aliphatic rings. The Hall–Kier alpha value is -1.75. The van der Waals surface area contributed by atoms with Crippen LogP contribution in [0.3, 0.4) is 0 Å². The van der Waals surface area contributed by atoms with E-state index in [9.17, 15) is 4.39 Å². The van der Waals surface area contributed by atoms with Gasteiger partial charge in [-0.2, -0.15) is 5.10 Å². The van der Waals surface area contributed by atoms with Crippen LogP contribution < -0.4 is 10.7 Å². The van der Waals surface area contributed by atoms with Crippen LogP contribution in [0.2, 0.25) is 0 Å². The van der Waals surface area contributed by atoms with Gasteiger partial charge in [0.05, 0.1) is 5.69 Å². The molecule has 0 saturated carbocycles. The highest BCUT2D eigenvalue weighted by atomic mass is 19.1. The summed E-state index contributed by atoms with van der Waals surface area (Å²) in [6.07, 6.45) is 0. The Morgan fingerprint density at radius 1 is 1.56 bits per heavy atom. The molecule has 0 bridgehead atoms. The first-order valence-electron chi connectivity index (χ1n) is 4.82. The quantitative estimate of drug-likeness (QED) is 0.481. The van der Waals surface area contributed by atoms with Gasteiger partial charge in [-0.15, -0.1) is 0 Å². The lowest BCUT2D eigenvalue weighted by atomic mass is 10.1. The SMILES string of the molecule is C=NN(C(C)=NC)c1cc(F)ccc1CN. The first kappa shape index (κ1) is 12.3. The number of anilines is 1. The van der Waals surface area contributed by atoms with Crippen LogP contribution in [0.5, 0.6) is 0 Å². The molecule has 0 aliphatic carbocycles. The van der Waals surface area contributed by atoms with Crippen molar-refractivity contribution in [3.63, 3.8) is 0 Å². The number of nitrogens with zero attached hydrogens (tertiary/aromatic N) is 3. The summed E-state index contributed by atoms with van der Waals surface area (Å²) >= 11 is 0. The summed E-state index contributed by atoms with van der Waals surface area (Å²) in [7, 11) is 1.63. The van der Waals surface area contributed by atoms with Gasteiger partial charge in [-0.3, -0.25) is 4.99 Å². The Morgan fingerprint density at radius 3 is 2.75 bits per heavy atom. The van der Waals surface area contributed by atoms with Gasteiger partial charge < -0.3 is 5.73 Å². The molecule has 1 rings (SSSR count). The third-order valence-corrected chi connectivity index (χ3v) is 2.27. The third-order valence-electron chi connectivity index (χ3n) is 2.27. The van der Waals surface area contributed by atoms with Gasteiger partial charge in [0, 0.05) is 20.3 Å². The van der Waals surface area contributed by atoms with E-state index in [1.54, 1.807) is 20.0 Å². The number of hydrogen-bond acceptors (Lipinski definition) is 3. The molecule has 4 nitrogen and oxygen atoms in total. The van der Waals surface area contributed by atoms with Gasteiger partial charge in [0.1, 0.15) is 11.7 Å². The lowest BCUT2D eigenvalue weighted by Gasteiger charge is -2.20. The Morgan fingerprint density at radius 2 is 2.25 bits per heavy atom. The fourth-order valence-corrected chi connectivity index (χ4v) is 1.35. The lowest BCUT2D eigenvalue weighted by molar-refractivity contribution is 0.627. The van der Waals surface area contributed by atoms with E-state index in [1.807, 2.05) is 0 Å². The van der Waals surface area contributed by atoms with Crippen LogP contribution in [0.4, 0.5) is 10.1 Å². The minimum absolute atomic E-state index is 0.304. The molecule has 5 heteroatoms. The highest BCUT2D eigenvalue weighted by Gasteiger charge is 2.12. The standard InChI is InChI=1S/C11H15FN4/c1-8(14-2)16(15-3)11-6-10(12)5-4-9(11)7-13/h4-6H,3,7,13H2,1-2H3. The van der Waals surface area contributed by atoms with Crippen LogP contribution in [0.15, 0.2) is 28.3 Å². The number of amidine groups is 1. The van der Waals surface area contributed by atoms with Crippen LogP contribution in [0, 0.1) is 5.82 Å². The van der Waals surface area contributed by atoms with Crippen LogP contribution in [-0.2, 0) is 6.54 Å². The normalized spacial score (nSPS) is 11.4. The van der Waals surface area contributed by atoms with Gasteiger partial charge in [-0.05, 0) is 24.6 Å². The highest BCUT2D eigenvalue weighted by Crippen LogP contribution is 2.22. The van der Waals surface area contributed by atoms with Crippen molar-refractivity contribution in [1.29, 1.82) is 0 Å². The van der Waals surface area contributed by atoms with Crippen molar-refractivity contribution in [2.45, 2.75) is 13.5 Å². The number of hydrazone groups is 1. The van der Waals surface area contributed by atoms with Crippen molar-refractivity contribution in [2.75, 3.05) is 12.1 Å². The van der Waals surface area contributed by atoms with Crippen molar-refractivity contribution in [3.8, 4) is 0 Å².